The van der Waals surface area contributed by atoms with Crippen molar-refractivity contribution in [1.29, 1.82) is 0 Å². The Morgan fingerprint density at radius 3 is 2.86 bits per heavy atom. The van der Waals surface area contributed by atoms with Crippen LogP contribution in [0.3, 0.4) is 0 Å². The maximum atomic E-state index is 10.5. The Balaban J connectivity index is 2.23. The number of carboxylic acids is 1. The molecular formula is C15H15NO4S. The molecule has 0 amide bonds. The second-order valence-corrected chi connectivity index (χ2v) is 5.07. The first-order valence-electron chi connectivity index (χ1n) is 6.31. The van der Waals surface area contributed by atoms with Crippen LogP contribution in [0, 0.1) is 0 Å². The van der Waals surface area contributed by atoms with Crippen LogP contribution < -0.4 is 4.74 Å². The number of ether oxygens (including phenoxy) is 1. The number of methoxy groups -OCH3 is 1. The molecule has 0 aliphatic heterocycles. The number of carboxylic acid groups (broad SMARTS) is 1. The Labute approximate surface area is 126 Å². The molecule has 0 atom stereocenters. The van der Waals surface area contributed by atoms with Gasteiger partial charge in [0.1, 0.15) is 18.1 Å². The second kappa shape index (κ2) is 7.44. The third kappa shape index (κ3) is 4.32. The van der Waals surface area contributed by atoms with Crippen molar-refractivity contribution in [3.63, 3.8) is 0 Å². The van der Waals surface area contributed by atoms with Crippen molar-refractivity contribution in [3.8, 4) is 5.75 Å². The molecule has 2 rings (SSSR count). The van der Waals surface area contributed by atoms with Crippen LogP contribution in [0.25, 0.3) is 0 Å². The van der Waals surface area contributed by atoms with Crippen molar-refractivity contribution in [1.82, 2.24) is 0 Å². The lowest BCUT2D eigenvalue weighted by atomic mass is 10.1. The highest BCUT2D eigenvalue weighted by Gasteiger charge is 2.10. The zero-order valence-corrected chi connectivity index (χ0v) is 12.3. The predicted octanol–water partition coefficient (Wildman–Crippen LogP) is 3.00. The number of rotatable bonds is 7. The summed E-state index contributed by atoms with van der Waals surface area (Å²) in [6.07, 6.45) is -0.0840. The maximum Gasteiger partial charge on any atom is 0.306 e. The SMILES string of the molecule is COc1cccc(/C(=N/OCCC(=O)O)c2cccs2)c1. The van der Waals surface area contributed by atoms with Crippen LogP contribution in [0.5, 0.6) is 5.75 Å². The molecular weight excluding hydrogens is 290 g/mol. The van der Waals surface area contributed by atoms with Crippen LogP contribution in [-0.2, 0) is 9.63 Å². The van der Waals surface area contributed by atoms with E-state index in [-0.39, 0.29) is 13.0 Å². The highest BCUT2D eigenvalue weighted by molar-refractivity contribution is 7.12. The fraction of sp³-hybridized carbons (Fsp3) is 0.200. The normalized spacial score (nSPS) is 11.2. The third-order valence-electron chi connectivity index (χ3n) is 2.66. The lowest BCUT2D eigenvalue weighted by Gasteiger charge is -2.07. The van der Waals surface area contributed by atoms with Gasteiger partial charge in [0.25, 0.3) is 0 Å². The van der Waals surface area contributed by atoms with Gasteiger partial charge in [0.05, 0.1) is 18.4 Å². The topological polar surface area (TPSA) is 68.1 Å². The molecule has 6 heteroatoms. The van der Waals surface area contributed by atoms with Crippen molar-refractivity contribution in [2.75, 3.05) is 13.7 Å². The highest BCUT2D eigenvalue weighted by atomic mass is 32.1. The number of nitrogens with zero attached hydrogens (tertiary/aromatic N) is 1. The fourth-order valence-corrected chi connectivity index (χ4v) is 2.39. The van der Waals surface area contributed by atoms with Gasteiger partial charge in [-0.3, -0.25) is 4.79 Å². The summed E-state index contributed by atoms with van der Waals surface area (Å²) in [4.78, 5) is 16.6. The first-order valence-corrected chi connectivity index (χ1v) is 7.18. The van der Waals surface area contributed by atoms with Gasteiger partial charge in [0.15, 0.2) is 0 Å². The highest BCUT2D eigenvalue weighted by Crippen LogP contribution is 2.20. The van der Waals surface area contributed by atoms with Gasteiger partial charge in [-0.15, -0.1) is 11.3 Å². The predicted molar refractivity (Wildman–Crippen MR) is 81.2 cm³/mol. The number of thiophene rings is 1. The summed E-state index contributed by atoms with van der Waals surface area (Å²) in [5, 5.41) is 14.6. The van der Waals surface area contributed by atoms with Crippen LogP contribution in [-0.4, -0.2) is 30.5 Å². The van der Waals surface area contributed by atoms with Crippen LogP contribution in [0.1, 0.15) is 16.9 Å². The lowest BCUT2D eigenvalue weighted by Crippen LogP contribution is -2.05. The van der Waals surface area contributed by atoms with Crippen LogP contribution in [0.2, 0.25) is 0 Å². The average Bonchev–Trinajstić information content (AvgIpc) is 3.01. The lowest BCUT2D eigenvalue weighted by molar-refractivity contribution is -0.138. The smallest absolute Gasteiger partial charge is 0.306 e. The summed E-state index contributed by atoms with van der Waals surface area (Å²) in [5.74, 6) is -0.188. The second-order valence-electron chi connectivity index (χ2n) is 4.13. The molecule has 0 aliphatic carbocycles. The third-order valence-corrected chi connectivity index (χ3v) is 3.54. The van der Waals surface area contributed by atoms with Gasteiger partial charge in [-0.25, -0.2) is 0 Å². The monoisotopic (exact) mass is 305 g/mol. The summed E-state index contributed by atoms with van der Waals surface area (Å²) in [7, 11) is 1.60. The Bertz CT molecular complexity index is 622. The summed E-state index contributed by atoms with van der Waals surface area (Å²) in [5.41, 5.74) is 1.52. The van der Waals surface area contributed by atoms with E-state index in [1.165, 1.54) is 11.3 Å². The number of aliphatic carboxylic acids is 1. The summed E-state index contributed by atoms with van der Waals surface area (Å²) < 4.78 is 5.21. The average molecular weight is 305 g/mol. The minimum atomic E-state index is -0.913. The first-order chi connectivity index (χ1) is 10.2. The van der Waals surface area contributed by atoms with Crippen molar-refractivity contribution in [2.24, 2.45) is 5.16 Å². The molecule has 0 radical (unpaired) electrons. The van der Waals surface area contributed by atoms with Gasteiger partial charge in [0.2, 0.25) is 0 Å². The Morgan fingerprint density at radius 2 is 2.19 bits per heavy atom. The summed E-state index contributed by atoms with van der Waals surface area (Å²) in [6.45, 7) is 0.0359. The molecule has 1 aromatic heterocycles. The molecule has 1 aromatic carbocycles. The maximum absolute atomic E-state index is 10.5. The molecule has 0 fully saturated rings. The summed E-state index contributed by atoms with van der Waals surface area (Å²) in [6, 6.07) is 11.3. The van der Waals surface area contributed by atoms with Crippen molar-refractivity contribution in [2.45, 2.75) is 6.42 Å². The van der Waals surface area contributed by atoms with Crippen molar-refractivity contribution in [3.05, 3.63) is 52.2 Å². The van der Waals surface area contributed by atoms with Crippen molar-refractivity contribution < 1.29 is 19.5 Å². The van der Waals surface area contributed by atoms with E-state index in [2.05, 4.69) is 5.16 Å². The molecule has 0 spiro atoms. The van der Waals surface area contributed by atoms with E-state index >= 15 is 0 Å². The van der Waals surface area contributed by atoms with E-state index < -0.39 is 5.97 Å². The van der Waals surface area contributed by atoms with E-state index in [0.29, 0.717) is 5.71 Å². The Morgan fingerprint density at radius 1 is 1.33 bits per heavy atom. The minimum Gasteiger partial charge on any atom is -0.497 e. The largest absolute Gasteiger partial charge is 0.497 e. The molecule has 0 saturated heterocycles. The molecule has 1 heterocycles. The van der Waals surface area contributed by atoms with Gasteiger partial charge >= 0.3 is 5.97 Å². The molecule has 1 N–H and O–H groups in total. The molecule has 2 aromatic rings. The minimum absolute atomic E-state index is 0.0359. The fourth-order valence-electron chi connectivity index (χ4n) is 1.67. The van der Waals surface area contributed by atoms with Gasteiger partial charge in [-0.1, -0.05) is 23.4 Å². The van der Waals surface area contributed by atoms with Gasteiger partial charge in [-0.05, 0) is 23.6 Å². The molecule has 0 aliphatic rings. The number of carbonyl (C=O) groups is 1. The van der Waals surface area contributed by atoms with Crippen LogP contribution >= 0.6 is 11.3 Å². The number of oxime groups is 1. The number of hydrogen-bond acceptors (Lipinski definition) is 5. The summed E-state index contributed by atoms with van der Waals surface area (Å²) >= 11 is 1.54. The van der Waals surface area contributed by atoms with E-state index in [9.17, 15) is 4.79 Å². The van der Waals surface area contributed by atoms with Gasteiger partial charge < -0.3 is 14.7 Å². The molecule has 0 unspecified atom stereocenters. The van der Waals surface area contributed by atoms with Crippen LogP contribution in [0.4, 0.5) is 0 Å². The van der Waals surface area contributed by atoms with E-state index in [0.717, 1.165) is 16.2 Å². The van der Waals surface area contributed by atoms with E-state index in [1.54, 1.807) is 7.11 Å². The molecule has 0 saturated carbocycles. The van der Waals surface area contributed by atoms with Crippen molar-refractivity contribution >= 4 is 23.0 Å². The molecule has 110 valence electrons. The molecule has 0 bridgehead atoms. The van der Waals surface area contributed by atoms with E-state index in [1.807, 2.05) is 41.8 Å². The van der Waals surface area contributed by atoms with E-state index in [4.69, 9.17) is 14.7 Å². The zero-order valence-electron chi connectivity index (χ0n) is 11.5. The Hall–Kier alpha value is -2.34. The Kier molecular flexibility index (Phi) is 5.34. The molecule has 5 nitrogen and oxygen atoms in total. The number of benzene rings is 1. The number of hydrogen-bond donors (Lipinski definition) is 1. The van der Waals surface area contributed by atoms with Gasteiger partial charge in [-0.2, -0.15) is 0 Å². The van der Waals surface area contributed by atoms with Crippen LogP contribution in [0.15, 0.2) is 46.9 Å². The quantitative estimate of drug-likeness (QED) is 0.485. The zero-order chi connectivity index (χ0) is 15.1. The standard InChI is InChI=1S/C15H15NO4S/c1-19-12-5-2-4-11(10-12)15(13-6-3-9-21-13)16-20-8-7-14(17)18/h2-6,9-10H,7-8H2,1H3,(H,17,18)/b16-15-. The van der Waals surface area contributed by atoms with Gasteiger partial charge in [0, 0.05) is 5.56 Å². The molecule has 21 heavy (non-hydrogen) atoms. The first kappa shape index (κ1) is 15.1.